The van der Waals surface area contributed by atoms with Gasteiger partial charge < -0.3 is 9.80 Å². The normalized spacial score (nSPS) is 33.8. The SMILES string of the molecule is CCC(=O)N1CCN(C)C2C[C@@H]2C1. The Balaban J connectivity index is 1.96. The Bertz CT molecular complexity index is 217. The Labute approximate surface area is 79.7 Å². The van der Waals surface area contributed by atoms with E-state index in [4.69, 9.17) is 0 Å². The van der Waals surface area contributed by atoms with E-state index in [1.54, 1.807) is 0 Å². The molecule has 13 heavy (non-hydrogen) atoms. The summed E-state index contributed by atoms with van der Waals surface area (Å²) in [4.78, 5) is 15.9. The van der Waals surface area contributed by atoms with Crippen molar-refractivity contribution in [1.82, 2.24) is 9.80 Å². The zero-order valence-electron chi connectivity index (χ0n) is 8.49. The van der Waals surface area contributed by atoms with Gasteiger partial charge in [-0.2, -0.15) is 0 Å². The molecule has 2 fully saturated rings. The summed E-state index contributed by atoms with van der Waals surface area (Å²) >= 11 is 0. The lowest BCUT2D eigenvalue weighted by Crippen LogP contribution is -2.35. The molecular formula is C10H18N2O. The smallest absolute Gasteiger partial charge is 0.222 e. The van der Waals surface area contributed by atoms with Crippen LogP contribution in [-0.4, -0.2) is 48.4 Å². The lowest BCUT2D eigenvalue weighted by atomic mass is 10.3. The van der Waals surface area contributed by atoms with Crippen LogP contribution in [-0.2, 0) is 4.79 Å². The minimum atomic E-state index is 0.320. The van der Waals surface area contributed by atoms with Gasteiger partial charge in [-0.1, -0.05) is 6.92 Å². The van der Waals surface area contributed by atoms with Gasteiger partial charge in [0.15, 0.2) is 0 Å². The molecule has 0 aromatic heterocycles. The van der Waals surface area contributed by atoms with Crippen molar-refractivity contribution in [2.45, 2.75) is 25.8 Å². The molecular weight excluding hydrogens is 164 g/mol. The fourth-order valence-corrected chi connectivity index (χ4v) is 2.24. The monoisotopic (exact) mass is 182 g/mol. The van der Waals surface area contributed by atoms with Gasteiger partial charge in [0.25, 0.3) is 0 Å². The second-order valence-electron chi connectivity index (χ2n) is 4.24. The van der Waals surface area contributed by atoms with Crippen LogP contribution in [0.15, 0.2) is 0 Å². The number of carbonyl (C=O) groups excluding carboxylic acids is 1. The number of carbonyl (C=O) groups is 1. The van der Waals surface area contributed by atoms with Crippen LogP contribution in [0.1, 0.15) is 19.8 Å². The fraction of sp³-hybridized carbons (Fsp3) is 0.900. The van der Waals surface area contributed by atoms with E-state index in [-0.39, 0.29) is 0 Å². The summed E-state index contributed by atoms with van der Waals surface area (Å²) in [7, 11) is 2.17. The van der Waals surface area contributed by atoms with Crippen molar-refractivity contribution in [3.63, 3.8) is 0 Å². The molecule has 2 rings (SSSR count). The summed E-state index contributed by atoms with van der Waals surface area (Å²) in [5.41, 5.74) is 0. The minimum Gasteiger partial charge on any atom is -0.341 e. The molecule has 1 saturated heterocycles. The van der Waals surface area contributed by atoms with Crippen LogP contribution in [0.25, 0.3) is 0 Å². The van der Waals surface area contributed by atoms with Crippen molar-refractivity contribution in [2.75, 3.05) is 26.7 Å². The maximum absolute atomic E-state index is 11.5. The van der Waals surface area contributed by atoms with Gasteiger partial charge in [-0.25, -0.2) is 0 Å². The molecule has 0 bridgehead atoms. The van der Waals surface area contributed by atoms with Crippen molar-refractivity contribution < 1.29 is 4.79 Å². The third kappa shape index (κ3) is 1.70. The van der Waals surface area contributed by atoms with Crippen molar-refractivity contribution in [2.24, 2.45) is 5.92 Å². The standard InChI is InChI=1S/C10H18N2O/c1-3-10(13)12-5-4-11(2)9-6-8(9)7-12/h8-9H,3-7H2,1-2H3/t8-,9?/m1/s1. The maximum Gasteiger partial charge on any atom is 0.222 e. The van der Waals surface area contributed by atoms with Crippen molar-refractivity contribution in [3.8, 4) is 0 Å². The van der Waals surface area contributed by atoms with Crippen LogP contribution in [0, 0.1) is 5.92 Å². The van der Waals surface area contributed by atoms with Gasteiger partial charge in [0.05, 0.1) is 0 Å². The highest BCUT2D eigenvalue weighted by molar-refractivity contribution is 5.75. The number of likely N-dealkylation sites (N-methyl/N-ethyl adjacent to an activating group) is 1. The highest BCUT2D eigenvalue weighted by Gasteiger charge is 2.43. The molecule has 0 aromatic carbocycles. The Morgan fingerprint density at radius 3 is 2.92 bits per heavy atom. The molecule has 3 heteroatoms. The number of hydrogen-bond donors (Lipinski definition) is 0. The van der Waals surface area contributed by atoms with Gasteiger partial charge in [0.2, 0.25) is 5.91 Å². The Kier molecular flexibility index (Phi) is 2.28. The van der Waals surface area contributed by atoms with Gasteiger partial charge >= 0.3 is 0 Å². The molecule has 2 aliphatic rings. The van der Waals surface area contributed by atoms with Crippen LogP contribution >= 0.6 is 0 Å². The Morgan fingerprint density at radius 2 is 2.23 bits per heavy atom. The first kappa shape index (κ1) is 9.00. The summed E-state index contributed by atoms with van der Waals surface area (Å²) in [6.07, 6.45) is 1.95. The highest BCUT2D eigenvalue weighted by atomic mass is 16.2. The second-order valence-corrected chi connectivity index (χ2v) is 4.24. The van der Waals surface area contributed by atoms with E-state index in [2.05, 4.69) is 11.9 Å². The van der Waals surface area contributed by atoms with Crippen molar-refractivity contribution in [3.05, 3.63) is 0 Å². The zero-order valence-corrected chi connectivity index (χ0v) is 8.49. The molecule has 0 radical (unpaired) electrons. The average Bonchev–Trinajstić information content (AvgIpc) is 2.88. The lowest BCUT2D eigenvalue weighted by molar-refractivity contribution is -0.131. The van der Waals surface area contributed by atoms with E-state index in [0.29, 0.717) is 12.3 Å². The van der Waals surface area contributed by atoms with Crippen molar-refractivity contribution >= 4 is 5.91 Å². The van der Waals surface area contributed by atoms with Crippen LogP contribution in [0.4, 0.5) is 0 Å². The molecule has 0 spiro atoms. The van der Waals surface area contributed by atoms with E-state index < -0.39 is 0 Å². The topological polar surface area (TPSA) is 23.6 Å². The Morgan fingerprint density at radius 1 is 1.46 bits per heavy atom. The average molecular weight is 182 g/mol. The number of fused-ring (bicyclic) bond motifs is 1. The predicted molar refractivity (Wildman–Crippen MR) is 51.4 cm³/mol. The molecule has 1 heterocycles. The first-order valence-electron chi connectivity index (χ1n) is 5.20. The van der Waals surface area contributed by atoms with E-state index in [0.717, 1.165) is 31.6 Å². The van der Waals surface area contributed by atoms with Gasteiger partial charge in [-0.15, -0.1) is 0 Å². The molecule has 1 aliphatic heterocycles. The second kappa shape index (κ2) is 3.29. The predicted octanol–water partition coefficient (Wildman–Crippen LogP) is 0.559. The van der Waals surface area contributed by atoms with Gasteiger partial charge in [0, 0.05) is 32.1 Å². The molecule has 1 aliphatic carbocycles. The van der Waals surface area contributed by atoms with Crippen molar-refractivity contribution in [1.29, 1.82) is 0 Å². The molecule has 1 unspecified atom stereocenters. The number of hydrogen-bond acceptors (Lipinski definition) is 2. The third-order valence-electron chi connectivity index (χ3n) is 3.28. The van der Waals surface area contributed by atoms with E-state index in [9.17, 15) is 4.79 Å². The van der Waals surface area contributed by atoms with Crippen LogP contribution < -0.4 is 0 Å². The molecule has 1 saturated carbocycles. The maximum atomic E-state index is 11.5. The zero-order chi connectivity index (χ0) is 9.42. The summed E-state index contributed by atoms with van der Waals surface area (Å²) in [5, 5.41) is 0. The first-order valence-corrected chi connectivity index (χ1v) is 5.20. The van der Waals surface area contributed by atoms with Crippen LogP contribution in [0.5, 0.6) is 0 Å². The van der Waals surface area contributed by atoms with E-state index >= 15 is 0 Å². The van der Waals surface area contributed by atoms with E-state index in [1.807, 2.05) is 11.8 Å². The Hall–Kier alpha value is -0.570. The quantitative estimate of drug-likeness (QED) is 0.591. The van der Waals surface area contributed by atoms with E-state index in [1.165, 1.54) is 6.42 Å². The molecule has 3 nitrogen and oxygen atoms in total. The molecule has 0 aromatic rings. The van der Waals surface area contributed by atoms with Crippen LogP contribution in [0.2, 0.25) is 0 Å². The third-order valence-corrected chi connectivity index (χ3v) is 3.28. The molecule has 2 atom stereocenters. The van der Waals surface area contributed by atoms with Gasteiger partial charge in [0.1, 0.15) is 0 Å². The number of nitrogens with zero attached hydrogens (tertiary/aromatic N) is 2. The van der Waals surface area contributed by atoms with Gasteiger partial charge in [-0.3, -0.25) is 4.79 Å². The molecule has 0 N–H and O–H groups in total. The van der Waals surface area contributed by atoms with Crippen LogP contribution in [0.3, 0.4) is 0 Å². The lowest BCUT2D eigenvalue weighted by Gasteiger charge is -2.21. The van der Waals surface area contributed by atoms with Gasteiger partial charge in [-0.05, 0) is 19.4 Å². The fourth-order valence-electron chi connectivity index (χ4n) is 2.24. The molecule has 1 amide bonds. The largest absolute Gasteiger partial charge is 0.341 e. The summed E-state index contributed by atoms with van der Waals surface area (Å²) in [5.74, 6) is 1.09. The number of rotatable bonds is 1. The molecule has 74 valence electrons. The highest BCUT2D eigenvalue weighted by Crippen LogP contribution is 2.37. The summed E-state index contributed by atoms with van der Waals surface area (Å²) < 4.78 is 0. The minimum absolute atomic E-state index is 0.320. The summed E-state index contributed by atoms with van der Waals surface area (Å²) in [6.45, 7) is 4.92. The number of amides is 1. The first-order chi connectivity index (χ1) is 6.22. The summed E-state index contributed by atoms with van der Waals surface area (Å²) in [6, 6.07) is 0.773.